The Balaban J connectivity index is 3.00. The van der Waals surface area contributed by atoms with Crippen LogP contribution in [0.15, 0.2) is 12.3 Å². The van der Waals surface area contributed by atoms with Crippen LogP contribution in [0.4, 0.5) is 4.39 Å². The van der Waals surface area contributed by atoms with Crippen LogP contribution in [0, 0.1) is 5.95 Å². The van der Waals surface area contributed by atoms with Gasteiger partial charge >= 0.3 is 5.97 Å². The quantitative estimate of drug-likeness (QED) is 0.637. The number of aliphatic carboxylic acids is 1. The van der Waals surface area contributed by atoms with Gasteiger partial charge in [0.1, 0.15) is 0 Å². The third-order valence-corrected chi connectivity index (χ3v) is 1.30. The normalized spacial score (nSPS) is 9.75. The number of hydrogen-bond acceptors (Lipinski definition) is 3. The summed E-state index contributed by atoms with van der Waals surface area (Å²) in [6.07, 6.45) is 0.693. The van der Waals surface area contributed by atoms with Gasteiger partial charge in [-0.3, -0.25) is 4.79 Å². The highest BCUT2D eigenvalue weighted by atomic mass is 19.1. The topological polar surface area (TPSA) is 70.4 Å². The van der Waals surface area contributed by atoms with Crippen molar-refractivity contribution in [3.05, 3.63) is 23.8 Å². The van der Waals surface area contributed by atoms with Crippen LogP contribution < -0.4 is 0 Å². The first-order valence-electron chi connectivity index (χ1n) is 3.15. The second kappa shape index (κ2) is 3.17. The summed E-state index contributed by atoms with van der Waals surface area (Å²) in [4.78, 5) is 13.3. The predicted octanol–water partition coefficient (Wildman–Crippen LogP) is 0.553. The van der Waals surface area contributed by atoms with Crippen LogP contribution >= 0.6 is 0 Å². The first-order chi connectivity index (χ1) is 5.61. The molecule has 0 aliphatic rings. The molecule has 1 heterocycles. The highest BCUT2D eigenvalue weighted by Crippen LogP contribution is 2.18. The van der Waals surface area contributed by atoms with Crippen LogP contribution in [0.5, 0.6) is 5.75 Å². The Morgan fingerprint density at radius 2 is 2.33 bits per heavy atom. The molecule has 0 unspecified atom stereocenters. The van der Waals surface area contributed by atoms with E-state index in [9.17, 15) is 9.18 Å². The fraction of sp³-hybridized carbons (Fsp3) is 0.143. The zero-order valence-corrected chi connectivity index (χ0v) is 5.99. The molecule has 2 N–H and O–H groups in total. The van der Waals surface area contributed by atoms with Crippen LogP contribution in [0.3, 0.4) is 0 Å². The fourth-order valence-electron chi connectivity index (χ4n) is 0.771. The minimum absolute atomic E-state index is 0.0231. The Bertz CT molecular complexity index is 314. The fourth-order valence-corrected chi connectivity index (χ4v) is 0.771. The van der Waals surface area contributed by atoms with Gasteiger partial charge in [-0.25, -0.2) is 4.98 Å². The highest BCUT2D eigenvalue weighted by molar-refractivity contribution is 5.71. The number of aromatic nitrogens is 1. The van der Waals surface area contributed by atoms with E-state index in [1.165, 1.54) is 6.07 Å². The van der Waals surface area contributed by atoms with E-state index in [-0.39, 0.29) is 5.56 Å². The minimum atomic E-state index is -1.13. The number of hydrogen-bond donors (Lipinski definition) is 2. The second-order valence-electron chi connectivity index (χ2n) is 2.18. The molecule has 0 amide bonds. The zero-order valence-electron chi connectivity index (χ0n) is 5.99. The third kappa shape index (κ3) is 1.69. The van der Waals surface area contributed by atoms with Crippen LogP contribution in [-0.2, 0) is 11.2 Å². The molecule has 4 nitrogen and oxygen atoms in total. The summed E-state index contributed by atoms with van der Waals surface area (Å²) in [5.74, 6) is -2.87. The molecule has 0 radical (unpaired) electrons. The van der Waals surface area contributed by atoms with Gasteiger partial charge in [0, 0.05) is 11.8 Å². The van der Waals surface area contributed by atoms with Crippen molar-refractivity contribution in [1.82, 2.24) is 4.98 Å². The van der Waals surface area contributed by atoms with Crippen molar-refractivity contribution in [2.75, 3.05) is 0 Å². The van der Waals surface area contributed by atoms with Crippen molar-refractivity contribution in [1.29, 1.82) is 0 Å². The average molecular weight is 171 g/mol. The van der Waals surface area contributed by atoms with Crippen molar-refractivity contribution in [3.8, 4) is 5.75 Å². The second-order valence-corrected chi connectivity index (χ2v) is 2.18. The van der Waals surface area contributed by atoms with Gasteiger partial charge in [-0.05, 0) is 6.07 Å². The smallest absolute Gasteiger partial charge is 0.307 e. The molecule has 1 rings (SSSR count). The van der Waals surface area contributed by atoms with E-state index < -0.39 is 24.1 Å². The van der Waals surface area contributed by atoms with Gasteiger partial charge in [0.05, 0.1) is 6.42 Å². The lowest BCUT2D eigenvalue weighted by Crippen LogP contribution is -2.01. The Kier molecular flexibility index (Phi) is 2.23. The maximum atomic E-state index is 12.5. The Morgan fingerprint density at radius 1 is 1.67 bits per heavy atom. The van der Waals surface area contributed by atoms with E-state index in [0.717, 1.165) is 6.20 Å². The third-order valence-electron chi connectivity index (χ3n) is 1.30. The maximum Gasteiger partial charge on any atom is 0.307 e. The van der Waals surface area contributed by atoms with E-state index in [1.54, 1.807) is 0 Å². The molecule has 0 saturated carbocycles. The Hall–Kier alpha value is -1.65. The molecule has 0 bridgehead atoms. The number of carboxylic acids is 1. The summed E-state index contributed by atoms with van der Waals surface area (Å²) in [6, 6.07) is 1.26. The van der Waals surface area contributed by atoms with E-state index in [0.29, 0.717) is 0 Å². The Morgan fingerprint density at radius 3 is 2.92 bits per heavy atom. The SMILES string of the molecule is O=C(O)Cc1ccnc(F)c1O. The molecule has 1 aromatic heterocycles. The molecule has 0 atom stereocenters. The largest absolute Gasteiger partial charge is 0.503 e. The summed E-state index contributed by atoms with van der Waals surface area (Å²) in [6.45, 7) is 0. The number of carbonyl (C=O) groups is 1. The number of rotatable bonds is 2. The molecule has 0 aromatic carbocycles. The van der Waals surface area contributed by atoms with Crippen molar-refractivity contribution in [2.24, 2.45) is 0 Å². The molecule has 0 aliphatic heterocycles. The van der Waals surface area contributed by atoms with Gasteiger partial charge in [-0.1, -0.05) is 0 Å². The number of nitrogens with zero attached hydrogens (tertiary/aromatic N) is 1. The number of carboxylic acid groups (broad SMARTS) is 1. The molecule has 0 aliphatic carbocycles. The summed E-state index contributed by atoms with van der Waals surface area (Å²) in [7, 11) is 0. The molecule has 0 saturated heterocycles. The molecule has 5 heteroatoms. The van der Waals surface area contributed by atoms with Gasteiger partial charge in [0.25, 0.3) is 5.95 Å². The van der Waals surface area contributed by atoms with Crippen LogP contribution in [0.25, 0.3) is 0 Å². The summed E-state index contributed by atoms with van der Waals surface area (Å²) in [5.41, 5.74) is 0.0231. The van der Waals surface area contributed by atoms with Gasteiger partial charge in [-0.2, -0.15) is 4.39 Å². The molecule has 12 heavy (non-hydrogen) atoms. The van der Waals surface area contributed by atoms with E-state index in [4.69, 9.17) is 10.2 Å². The zero-order chi connectivity index (χ0) is 9.14. The Labute approximate surface area is 67.3 Å². The van der Waals surface area contributed by atoms with Crippen molar-refractivity contribution in [3.63, 3.8) is 0 Å². The van der Waals surface area contributed by atoms with Gasteiger partial charge in [0.2, 0.25) is 0 Å². The monoisotopic (exact) mass is 171 g/mol. The summed E-state index contributed by atoms with van der Waals surface area (Å²) >= 11 is 0. The first kappa shape index (κ1) is 8.45. The molecule has 0 fully saturated rings. The van der Waals surface area contributed by atoms with E-state index in [1.807, 2.05) is 0 Å². The summed E-state index contributed by atoms with van der Waals surface area (Å²) < 4.78 is 12.5. The molecule has 0 spiro atoms. The lowest BCUT2D eigenvalue weighted by Gasteiger charge is -1.99. The van der Waals surface area contributed by atoms with Crippen molar-refractivity contribution in [2.45, 2.75) is 6.42 Å². The number of aromatic hydroxyl groups is 1. The maximum absolute atomic E-state index is 12.5. The standard InChI is InChI=1S/C7H6FNO3/c8-7-6(12)4(1-2-9-7)3-5(10)11/h1-2,12H,3H2,(H,10,11). The van der Waals surface area contributed by atoms with Crippen LogP contribution in [-0.4, -0.2) is 21.2 Å². The molecule has 1 aromatic rings. The average Bonchev–Trinajstić information content (AvgIpc) is 1.98. The van der Waals surface area contributed by atoms with Crippen LogP contribution in [0.2, 0.25) is 0 Å². The van der Waals surface area contributed by atoms with Gasteiger partial charge in [0.15, 0.2) is 5.75 Å². The minimum Gasteiger partial charge on any atom is -0.503 e. The number of halogens is 1. The van der Waals surface area contributed by atoms with Gasteiger partial charge in [-0.15, -0.1) is 0 Å². The van der Waals surface area contributed by atoms with Crippen molar-refractivity contribution >= 4 is 5.97 Å². The van der Waals surface area contributed by atoms with Gasteiger partial charge < -0.3 is 10.2 Å². The highest BCUT2D eigenvalue weighted by Gasteiger charge is 2.10. The first-order valence-corrected chi connectivity index (χ1v) is 3.15. The van der Waals surface area contributed by atoms with E-state index >= 15 is 0 Å². The molecular weight excluding hydrogens is 165 g/mol. The summed E-state index contributed by atoms with van der Waals surface area (Å²) in [5, 5.41) is 17.3. The predicted molar refractivity (Wildman–Crippen MR) is 37.2 cm³/mol. The van der Waals surface area contributed by atoms with E-state index in [2.05, 4.69) is 4.98 Å². The molecule has 64 valence electrons. The van der Waals surface area contributed by atoms with Crippen LogP contribution in [0.1, 0.15) is 5.56 Å². The lowest BCUT2D eigenvalue weighted by atomic mass is 10.2. The molecular formula is C7H6FNO3. The lowest BCUT2D eigenvalue weighted by molar-refractivity contribution is -0.136. The van der Waals surface area contributed by atoms with Crippen molar-refractivity contribution < 1.29 is 19.4 Å². The number of pyridine rings is 1.